The molecule has 3 aromatic rings. The summed E-state index contributed by atoms with van der Waals surface area (Å²) in [6, 6.07) is 14.7. The highest BCUT2D eigenvalue weighted by atomic mass is 19.4. The summed E-state index contributed by atoms with van der Waals surface area (Å²) in [6.45, 7) is 2.56. The molecule has 0 aliphatic carbocycles. The van der Waals surface area contributed by atoms with E-state index in [1.807, 2.05) is 42.3 Å². The van der Waals surface area contributed by atoms with Crippen molar-refractivity contribution in [1.29, 1.82) is 5.26 Å². The van der Waals surface area contributed by atoms with Crippen molar-refractivity contribution >= 4 is 17.6 Å². The number of hydrogen-bond donors (Lipinski definition) is 0. The van der Waals surface area contributed by atoms with Crippen molar-refractivity contribution in [2.45, 2.75) is 63.5 Å². The standard InChI is InChI=1S/C35H39F4N7O3/c1-43-16-6-10-26(43)23-48-33-41-29-21-44(30-13-5-12-28(36)31(30)35(37,38)39)17-7-11-27(29)32(42-33)45-18-19-46(25(20-45)14-15-40)34(47)49-22-24-8-3-2-4-9-24/h2-5,8-9,12-13,25-26H,6-7,10-11,14,16-23H2,1H3/t25-,26-/m0/s1. The van der Waals surface area contributed by atoms with Crippen LogP contribution in [0.5, 0.6) is 6.01 Å². The van der Waals surface area contributed by atoms with Crippen molar-refractivity contribution < 1.29 is 31.8 Å². The van der Waals surface area contributed by atoms with Crippen LogP contribution in [0.4, 0.5) is 33.9 Å². The van der Waals surface area contributed by atoms with E-state index in [0.29, 0.717) is 37.5 Å². The molecule has 2 atom stereocenters. The van der Waals surface area contributed by atoms with Crippen molar-refractivity contribution in [3.63, 3.8) is 0 Å². The number of halogens is 4. The molecule has 2 saturated heterocycles. The fourth-order valence-electron chi connectivity index (χ4n) is 6.91. The zero-order chi connectivity index (χ0) is 34.5. The quantitative estimate of drug-likeness (QED) is 0.273. The molecule has 0 saturated carbocycles. The number of fused-ring (bicyclic) bond motifs is 1. The monoisotopic (exact) mass is 681 g/mol. The molecule has 0 radical (unpaired) electrons. The minimum atomic E-state index is -4.88. The number of nitriles is 1. The smallest absolute Gasteiger partial charge is 0.421 e. The number of likely N-dealkylation sites (tertiary alicyclic amines) is 1. The van der Waals surface area contributed by atoms with E-state index < -0.39 is 29.7 Å². The van der Waals surface area contributed by atoms with E-state index in [-0.39, 0.29) is 56.9 Å². The zero-order valence-electron chi connectivity index (χ0n) is 27.3. The maximum absolute atomic E-state index is 14.6. The number of amides is 1. The highest BCUT2D eigenvalue weighted by Gasteiger charge is 2.39. The number of ether oxygens (including phenoxy) is 2. The van der Waals surface area contributed by atoms with Crippen LogP contribution in [0.1, 0.15) is 48.1 Å². The normalized spacial score (nSPS) is 20.0. The van der Waals surface area contributed by atoms with E-state index in [1.54, 1.807) is 4.90 Å². The molecule has 49 heavy (non-hydrogen) atoms. The topological polar surface area (TPSA) is 98.1 Å². The van der Waals surface area contributed by atoms with Crippen LogP contribution in [-0.2, 0) is 30.5 Å². The lowest BCUT2D eigenvalue weighted by Crippen LogP contribution is -2.55. The summed E-state index contributed by atoms with van der Waals surface area (Å²) >= 11 is 0. The predicted octanol–water partition coefficient (Wildman–Crippen LogP) is 5.80. The van der Waals surface area contributed by atoms with Crippen LogP contribution in [0.3, 0.4) is 0 Å². The van der Waals surface area contributed by atoms with Gasteiger partial charge >= 0.3 is 18.3 Å². The van der Waals surface area contributed by atoms with Gasteiger partial charge in [0.15, 0.2) is 0 Å². The molecule has 1 aromatic heterocycles. The number of benzene rings is 2. The van der Waals surface area contributed by atoms with Gasteiger partial charge < -0.3 is 29.1 Å². The molecule has 0 bridgehead atoms. The average Bonchev–Trinajstić information content (AvgIpc) is 3.37. The fourth-order valence-corrected chi connectivity index (χ4v) is 6.91. The number of likely N-dealkylation sites (N-methyl/N-ethyl adjacent to an activating group) is 1. The highest BCUT2D eigenvalue weighted by molar-refractivity contribution is 5.69. The Hall–Kier alpha value is -4.64. The molecule has 10 nitrogen and oxygen atoms in total. The third-order valence-electron chi connectivity index (χ3n) is 9.49. The van der Waals surface area contributed by atoms with Crippen LogP contribution in [0.15, 0.2) is 48.5 Å². The minimum absolute atomic E-state index is 0.00945. The van der Waals surface area contributed by atoms with Crippen molar-refractivity contribution in [2.24, 2.45) is 0 Å². The molecule has 260 valence electrons. The molecule has 2 fully saturated rings. The summed E-state index contributed by atoms with van der Waals surface area (Å²) in [6.07, 6.45) is -2.39. The second-order valence-electron chi connectivity index (χ2n) is 12.7. The van der Waals surface area contributed by atoms with E-state index >= 15 is 0 Å². The molecule has 6 rings (SSSR count). The maximum Gasteiger partial charge on any atom is 0.421 e. The molecule has 0 unspecified atom stereocenters. The number of piperazine rings is 1. The third-order valence-corrected chi connectivity index (χ3v) is 9.49. The molecule has 0 spiro atoms. The Morgan fingerprint density at radius 1 is 1.00 bits per heavy atom. The second kappa shape index (κ2) is 14.9. The second-order valence-corrected chi connectivity index (χ2v) is 12.7. The van der Waals surface area contributed by atoms with Crippen LogP contribution < -0.4 is 14.5 Å². The van der Waals surface area contributed by atoms with Gasteiger partial charge in [0.05, 0.1) is 36.5 Å². The number of carbonyl (C=O) groups is 1. The predicted molar refractivity (Wildman–Crippen MR) is 174 cm³/mol. The number of aromatic nitrogens is 2. The van der Waals surface area contributed by atoms with Gasteiger partial charge in [-0.05, 0) is 57.0 Å². The Balaban J connectivity index is 1.29. The molecule has 2 aromatic carbocycles. The van der Waals surface area contributed by atoms with Crippen molar-refractivity contribution in [1.82, 2.24) is 19.8 Å². The highest BCUT2D eigenvalue weighted by Crippen LogP contribution is 2.40. The number of nitrogens with zero attached hydrogens (tertiary/aromatic N) is 7. The zero-order valence-corrected chi connectivity index (χ0v) is 27.3. The van der Waals surface area contributed by atoms with E-state index in [1.165, 1.54) is 17.0 Å². The number of rotatable bonds is 8. The van der Waals surface area contributed by atoms with Gasteiger partial charge in [-0.3, -0.25) is 0 Å². The number of anilines is 2. The summed E-state index contributed by atoms with van der Waals surface area (Å²) in [7, 11) is 2.03. The van der Waals surface area contributed by atoms with Gasteiger partial charge in [-0.25, -0.2) is 9.18 Å². The molecular weight excluding hydrogens is 642 g/mol. The van der Waals surface area contributed by atoms with E-state index in [4.69, 9.17) is 19.4 Å². The average molecular weight is 682 g/mol. The lowest BCUT2D eigenvalue weighted by molar-refractivity contribution is -0.139. The number of hydrogen-bond acceptors (Lipinski definition) is 9. The van der Waals surface area contributed by atoms with E-state index in [9.17, 15) is 27.6 Å². The van der Waals surface area contributed by atoms with Crippen molar-refractivity contribution in [3.05, 3.63) is 76.7 Å². The van der Waals surface area contributed by atoms with Gasteiger partial charge in [-0.1, -0.05) is 36.4 Å². The lowest BCUT2D eigenvalue weighted by atomic mass is 10.1. The van der Waals surface area contributed by atoms with Crippen molar-refractivity contribution in [2.75, 3.05) is 56.2 Å². The Morgan fingerprint density at radius 2 is 1.82 bits per heavy atom. The summed E-state index contributed by atoms with van der Waals surface area (Å²) in [5, 5.41) is 9.68. The van der Waals surface area contributed by atoms with Crippen LogP contribution in [0.2, 0.25) is 0 Å². The molecule has 3 aliphatic rings. The Morgan fingerprint density at radius 3 is 2.55 bits per heavy atom. The summed E-state index contributed by atoms with van der Waals surface area (Å²) in [5.74, 6) is -0.761. The van der Waals surface area contributed by atoms with Gasteiger partial charge in [0.2, 0.25) is 0 Å². The third kappa shape index (κ3) is 7.83. The first-order chi connectivity index (χ1) is 23.6. The molecule has 3 aliphatic heterocycles. The Bertz CT molecular complexity index is 1670. The molecule has 14 heteroatoms. The first-order valence-electron chi connectivity index (χ1n) is 16.5. The van der Waals surface area contributed by atoms with E-state index in [0.717, 1.165) is 36.6 Å². The van der Waals surface area contributed by atoms with E-state index in [2.05, 4.69) is 11.0 Å². The number of alkyl halides is 3. The first kappa shape index (κ1) is 34.2. The molecule has 0 N–H and O–H groups in total. The summed E-state index contributed by atoms with van der Waals surface area (Å²) in [5.41, 5.74) is 0.557. The maximum atomic E-state index is 14.6. The molecular formula is C35H39F4N7O3. The fraction of sp³-hybridized carbons (Fsp3) is 0.486. The summed E-state index contributed by atoms with van der Waals surface area (Å²) < 4.78 is 68.5. The van der Waals surface area contributed by atoms with Crippen LogP contribution in [0, 0.1) is 17.1 Å². The summed E-state index contributed by atoms with van der Waals surface area (Å²) in [4.78, 5) is 30.0. The van der Waals surface area contributed by atoms with Gasteiger partial charge in [-0.2, -0.15) is 28.4 Å². The van der Waals surface area contributed by atoms with Crippen LogP contribution >= 0.6 is 0 Å². The largest absolute Gasteiger partial charge is 0.462 e. The van der Waals surface area contributed by atoms with Gasteiger partial charge in [0.25, 0.3) is 0 Å². The van der Waals surface area contributed by atoms with Gasteiger partial charge in [0, 0.05) is 37.8 Å². The number of carbonyl (C=O) groups excluding carboxylic acids is 1. The van der Waals surface area contributed by atoms with Gasteiger partial charge in [-0.15, -0.1) is 0 Å². The Kier molecular flexibility index (Phi) is 10.4. The Labute approximate surface area is 282 Å². The van der Waals surface area contributed by atoms with Crippen LogP contribution in [-0.4, -0.2) is 84.3 Å². The van der Waals surface area contributed by atoms with Crippen LogP contribution in [0.25, 0.3) is 0 Å². The first-order valence-corrected chi connectivity index (χ1v) is 16.5. The SMILES string of the molecule is CN1CCC[C@H]1COc1nc2c(c(N3CCN(C(=O)OCc4ccccc4)[C@@H](CC#N)C3)n1)CCCN(c1cccc(F)c1C(F)(F)F)C2. The van der Waals surface area contributed by atoms with Crippen molar-refractivity contribution in [3.8, 4) is 12.1 Å². The lowest BCUT2D eigenvalue weighted by Gasteiger charge is -2.41. The van der Waals surface area contributed by atoms with Gasteiger partial charge in [0.1, 0.15) is 30.4 Å². The minimum Gasteiger partial charge on any atom is -0.462 e. The molecule has 4 heterocycles. The molecule has 1 amide bonds.